The van der Waals surface area contributed by atoms with E-state index in [0.717, 1.165) is 5.56 Å². The van der Waals surface area contributed by atoms with Crippen molar-refractivity contribution < 1.29 is 9.90 Å². The minimum atomic E-state index is -0.117. The molecule has 0 saturated carbocycles. The van der Waals surface area contributed by atoms with Gasteiger partial charge in [-0.2, -0.15) is 0 Å². The molecule has 0 bridgehead atoms. The average Bonchev–Trinajstić information content (AvgIpc) is 2.67. The molecule has 1 fully saturated rings. The first-order chi connectivity index (χ1) is 8.61. The van der Waals surface area contributed by atoms with E-state index < -0.39 is 0 Å². The highest BCUT2D eigenvalue weighted by Crippen LogP contribution is 2.29. The molecular weight excluding hydrogens is 252 g/mol. The summed E-state index contributed by atoms with van der Waals surface area (Å²) in [6.45, 7) is 0.582. The van der Waals surface area contributed by atoms with Crippen LogP contribution in [0, 0.1) is 0 Å². The maximum Gasteiger partial charge on any atom is 0.224 e. The molecule has 3 N–H and O–H groups in total. The zero-order chi connectivity index (χ0) is 13.1. The number of nitrogens with zero attached hydrogens (tertiary/aromatic N) is 1. The summed E-state index contributed by atoms with van der Waals surface area (Å²) < 4.78 is 0. The Kier molecular flexibility index (Phi) is 4.22. The third kappa shape index (κ3) is 2.83. The van der Waals surface area contributed by atoms with Crippen LogP contribution in [0.3, 0.4) is 0 Å². The molecule has 5 heteroatoms. The number of halogens is 1. The van der Waals surface area contributed by atoms with E-state index in [-0.39, 0.29) is 24.6 Å². The zero-order valence-electron chi connectivity index (χ0n) is 10.1. The van der Waals surface area contributed by atoms with Crippen LogP contribution >= 0.6 is 11.6 Å². The number of hydrogen-bond acceptors (Lipinski definition) is 3. The second kappa shape index (κ2) is 5.69. The van der Waals surface area contributed by atoms with Crippen molar-refractivity contribution in [1.82, 2.24) is 4.90 Å². The van der Waals surface area contributed by atoms with E-state index in [1.807, 2.05) is 12.1 Å². The number of aliphatic hydroxyl groups excluding tert-OH is 1. The summed E-state index contributed by atoms with van der Waals surface area (Å²) in [5.74, 6) is 0.0518. The number of carbonyl (C=O) groups excluding carboxylic acids is 1. The molecule has 2 atom stereocenters. The Balaban J connectivity index is 2.22. The molecule has 1 aromatic carbocycles. The van der Waals surface area contributed by atoms with Gasteiger partial charge in [0.05, 0.1) is 6.04 Å². The van der Waals surface area contributed by atoms with Gasteiger partial charge in [0.2, 0.25) is 5.91 Å². The molecule has 1 saturated heterocycles. The van der Waals surface area contributed by atoms with Gasteiger partial charge in [-0.05, 0) is 24.1 Å². The van der Waals surface area contributed by atoms with E-state index in [2.05, 4.69) is 0 Å². The van der Waals surface area contributed by atoms with Crippen LogP contribution in [0.1, 0.15) is 24.4 Å². The summed E-state index contributed by atoms with van der Waals surface area (Å²) in [5, 5.41) is 9.83. The van der Waals surface area contributed by atoms with Crippen molar-refractivity contribution >= 4 is 17.5 Å². The highest BCUT2D eigenvalue weighted by Gasteiger charge is 2.32. The molecule has 1 aromatic rings. The topological polar surface area (TPSA) is 66.6 Å². The number of rotatable bonds is 4. The predicted molar refractivity (Wildman–Crippen MR) is 70.2 cm³/mol. The molecule has 0 aliphatic carbocycles. The first kappa shape index (κ1) is 13.3. The van der Waals surface area contributed by atoms with Gasteiger partial charge in [-0.25, -0.2) is 0 Å². The number of benzene rings is 1. The summed E-state index contributed by atoms with van der Waals surface area (Å²) in [5.41, 5.74) is 6.79. The Hall–Kier alpha value is -1.10. The van der Waals surface area contributed by atoms with Gasteiger partial charge in [-0.15, -0.1) is 0 Å². The molecule has 2 unspecified atom stereocenters. The number of nitrogens with two attached hydrogens (primary N) is 1. The van der Waals surface area contributed by atoms with Gasteiger partial charge >= 0.3 is 0 Å². The van der Waals surface area contributed by atoms with Crippen LogP contribution in [0.15, 0.2) is 24.3 Å². The molecule has 0 radical (unpaired) electrons. The van der Waals surface area contributed by atoms with Gasteiger partial charge in [0.15, 0.2) is 0 Å². The highest BCUT2D eigenvalue weighted by atomic mass is 35.5. The van der Waals surface area contributed by atoms with Crippen LogP contribution < -0.4 is 5.73 Å². The van der Waals surface area contributed by atoms with E-state index in [1.165, 1.54) is 0 Å². The quantitative estimate of drug-likeness (QED) is 0.866. The molecule has 0 spiro atoms. The van der Waals surface area contributed by atoms with Gasteiger partial charge in [0.1, 0.15) is 0 Å². The smallest absolute Gasteiger partial charge is 0.224 e. The Morgan fingerprint density at radius 2 is 2.11 bits per heavy atom. The Bertz CT molecular complexity index is 422. The zero-order valence-corrected chi connectivity index (χ0v) is 10.8. The van der Waals surface area contributed by atoms with E-state index >= 15 is 0 Å². The number of amides is 1. The lowest BCUT2D eigenvalue weighted by molar-refractivity contribution is -0.130. The van der Waals surface area contributed by atoms with Crippen LogP contribution in [0.4, 0.5) is 0 Å². The number of hydrogen-bond donors (Lipinski definition) is 2. The number of likely N-dealkylation sites (tertiary alicyclic amines) is 1. The average molecular weight is 269 g/mol. The molecule has 1 aliphatic heterocycles. The molecular formula is C13H17ClN2O2. The lowest BCUT2D eigenvalue weighted by atomic mass is 10.0. The lowest BCUT2D eigenvalue weighted by Gasteiger charge is -2.28. The van der Waals surface area contributed by atoms with Gasteiger partial charge in [-0.3, -0.25) is 4.79 Å². The van der Waals surface area contributed by atoms with Crippen LogP contribution in [0.25, 0.3) is 0 Å². The molecule has 18 heavy (non-hydrogen) atoms. The van der Waals surface area contributed by atoms with Crippen LogP contribution in [0.5, 0.6) is 0 Å². The van der Waals surface area contributed by atoms with Gasteiger partial charge in [0.25, 0.3) is 0 Å². The number of carbonyl (C=O) groups is 1. The van der Waals surface area contributed by atoms with Crippen LogP contribution in [0.2, 0.25) is 5.02 Å². The maximum atomic E-state index is 11.9. The molecule has 0 aromatic heterocycles. The van der Waals surface area contributed by atoms with Gasteiger partial charge in [-0.1, -0.05) is 23.7 Å². The molecule has 98 valence electrons. The first-order valence-electron chi connectivity index (χ1n) is 6.03. The fourth-order valence-corrected chi connectivity index (χ4v) is 2.50. The fraction of sp³-hybridized carbons (Fsp3) is 0.462. The molecule has 2 rings (SSSR count). The minimum Gasteiger partial charge on any atom is -0.396 e. The van der Waals surface area contributed by atoms with E-state index in [4.69, 9.17) is 22.4 Å². The summed E-state index contributed by atoms with van der Waals surface area (Å²) in [6, 6.07) is 7.14. The van der Waals surface area contributed by atoms with Crippen LogP contribution in [-0.4, -0.2) is 35.1 Å². The van der Waals surface area contributed by atoms with Crippen molar-refractivity contribution in [3.63, 3.8) is 0 Å². The number of aliphatic hydroxyl groups is 1. The fourth-order valence-electron chi connectivity index (χ4n) is 2.37. The lowest BCUT2D eigenvalue weighted by Crippen LogP contribution is -2.32. The summed E-state index contributed by atoms with van der Waals surface area (Å²) in [7, 11) is 0. The molecule has 1 aliphatic rings. The monoisotopic (exact) mass is 268 g/mol. The SMILES string of the molecule is NC1CC(=O)N(C(CCO)c2ccc(Cl)cc2)C1. The molecule has 4 nitrogen and oxygen atoms in total. The van der Waals surface area contributed by atoms with Crippen LogP contribution in [-0.2, 0) is 4.79 Å². The Morgan fingerprint density at radius 1 is 1.44 bits per heavy atom. The van der Waals surface area contributed by atoms with Crippen molar-refractivity contribution in [1.29, 1.82) is 0 Å². The minimum absolute atomic E-state index is 0.0340. The first-order valence-corrected chi connectivity index (χ1v) is 6.41. The summed E-state index contributed by atoms with van der Waals surface area (Å²) >= 11 is 5.86. The summed E-state index contributed by atoms with van der Waals surface area (Å²) in [6.07, 6.45) is 0.898. The summed E-state index contributed by atoms with van der Waals surface area (Å²) in [4.78, 5) is 13.6. The second-order valence-corrected chi connectivity index (χ2v) is 5.03. The normalized spacial score (nSPS) is 21.4. The van der Waals surface area contributed by atoms with Gasteiger partial charge < -0.3 is 15.7 Å². The third-order valence-electron chi connectivity index (χ3n) is 3.22. The molecule has 1 amide bonds. The Labute approximate surface area is 111 Å². The van der Waals surface area contributed by atoms with E-state index in [9.17, 15) is 4.79 Å². The largest absolute Gasteiger partial charge is 0.396 e. The van der Waals surface area contributed by atoms with Gasteiger partial charge in [0, 0.05) is 30.6 Å². The maximum absolute atomic E-state index is 11.9. The third-order valence-corrected chi connectivity index (χ3v) is 3.47. The predicted octanol–water partition coefficient (Wildman–Crippen LogP) is 1.32. The highest BCUT2D eigenvalue weighted by molar-refractivity contribution is 6.30. The van der Waals surface area contributed by atoms with Crippen molar-refractivity contribution in [2.45, 2.75) is 24.9 Å². The molecule has 1 heterocycles. The van der Waals surface area contributed by atoms with E-state index in [0.29, 0.717) is 24.4 Å². The van der Waals surface area contributed by atoms with Crippen molar-refractivity contribution in [2.24, 2.45) is 5.73 Å². The van der Waals surface area contributed by atoms with Crippen molar-refractivity contribution in [3.8, 4) is 0 Å². The van der Waals surface area contributed by atoms with Crippen molar-refractivity contribution in [3.05, 3.63) is 34.9 Å². The second-order valence-electron chi connectivity index (χ2n) is 4.59. The Morgan fingerprint density at radius 3 is 2.61 bits per heavy atom. The van der Waals surface area contributed by atoms with E-state index in [1.54, 1.807) is 17.0 Å². The van der Waals surface area contributed by atoms with Crippen molar-refractivity contribution in [2.75, 3.05) is 13.2 Å². The standard InChI is InChI=1S/C13H17ClN2O2/c14-10-3-1-9(2-4-10)12(5-6-17)16-8-11(15)7-13(16)18/h1-4,11-12,17H,5-8,15H2.